The molecule has 0 fully saturated rings. The topological polar surface area (TPSA) is 83.3 Å². The van der Waals surface area contributed by atoms with Gasteiger partial charge in [-0.15, -0.1) is 0 Å². The lowest BCUT2D eigenvalue weighted by atomic mass is 10.2. The summed E-state index contributed by atoms with van der Waals surface area (Å²) >= 11 is 5.79. The molecule has 0 aliphatic rings. The van der Waals surface area contributed by atoms with Crippen LogP contribution in [0.15, 0.2) is 12.1 Å². The van der Waals surface area contributed by atoms with Gasteiger partial charge in [-0.3, -0.25) is 4.79 Å². The molecule has 0 spiro atoms. The summed E-state index contributed by atoms with van der Waals surface area (Å²) in [5, 5.41) is 3.04. The van der Waals surface area contributed by atoms with E-state index in [-0.39, 0.29) is 17.1 Å². The number of hydrogen-bond donors (Lipinski definition) is 3. The van der Waals surface area contributed by atoms with E-state index in [9.17, 15) is 4.79 Å². The van der Waals surface area contributed by atoms with Crippen molar-refractivity contribution in [1.82, 2.24) is 15.2 Å². The predicted molar refractivity (Wildman–Crippen MR) is 72.5 cm³/mol. The highest BCUT2D eigenvalue weighted by Gasteiger charge is 2.11. The minimum Gasteiger partial charge on any atom is -0.350 e. The minimum absolute atomic E-state index is 0.204. The number of hydrazine groups is 1. The van der Waals surface area contributed by atoms with Gasteiger partial charge in [0.1, 0.15) is 11.0 Å². The molecule has 0 aromatic carbocycles. The molecule has 1 heterocycles. The second kappa shape index (κ2) is 6.53. The largest absolute Gasteiger partial charge is 0.350 e. The predicted octanol–water partition coefficient (Wildman–Crippen LogP) is 0.701. The Labute approximate surface area is 111 Å². The zero-order valence-electron chi connectivity index (χ0n) is 10.7. The van der Waals surface area contributed by atoms with E-state index in [1.165, 1.54) is 6.07 Å². The lowest BCUT2D eigenvalue weighted by Crippen LogP contribution is -2.38. The highest BCUT2D eigenvalue weighted by molar-refractivity contribution is 6.29. The van der Waals surface area contributed by atoms with Crippen molar-refractivity contribution in [3.8, 4) is 0 Å². The van der Waals surface area contributed by atoms with Crippen LogP contribution in [-0.4, -0.2) is 42.5 Å². The second-order valence-electron chi connectivity index (χ2n) is 4.23. The Kier molecular flexibility index (Phi) is 5.33. The average Bonchev–Trinajstić information content (AvgIpc) is 2.34. The van der Waals surface area contributed by atoms with Gasteiger partial charge in [0.25, 0.3) is 5.91 Å². The van der Waals surface area contributed by atoms with Crippen LogP contribution in [0.25, 0.3) is 0 Å². The van der Waals surface area contributed by atoms with Crippen LogP contribution in [0.3, 0.4) is 0 Å². The molecular weight excluding hydrogens is 254 g/mol. The number of likely N-dealkylation sites (N-methyl/N-ethyl adjacent to an activating group) is 1. The molecule has 100 valence electrons. The van der Waals surface area contributed by atoms with E-state index in [2.05, 4.69) is 15.7 Å². The molecule has 1 rings (SSSR count). The van der Waals surface area contributed by atoms with Crippen LogP contribution in [0, 0.1) is 0 Å². The van der Waals surface area contributed by atoms with E-state index in [1.807, 2.05) is 25.9 Å². The molecule has 1 aromatic heterocycles. The van der Waals surface area contributed by atoms with Crippen molar-refractivity contribution in [3.63, 3.8) is 0 Å². The molecular formula is C11H18ClN5O. The molecule has 0 bridgehead atoms. The fourth-order valence-corrected chi connectivity index (χ4v) is 1.44. The molecule has 1 amide bonds. The van der Waals surface area contributed by atoms with E-state index in [4.69, 9.17) is 17.4 Å². The second-order valence-corrected chi connectivity index (χ2v) is 4.62. The summed E-state index contributed by atoms with van der Waals surface area (Å²) in [6, 6.07) is 3.29. The third-order valence-electron chi connectivity index (χ3n) is 2.64. The third-order valence-corrected chi connectivity index (χ3v) is 2.84. The van der Waals surface area contributed by atoms with Gasteiger partial charge in [-0.25, -0.2) is 10.8 Å². The normalized spacial score (nSPS) is 12.3. The number of hydrogen-bond acceptors (Lipinski definition) is 5. The number of halogens is 1. The molecule has 0 radical (unpaired) electrons. The smallest absolute Gasteiger partial charge is 0.251 e. The van der Waals surface area contributed by atoms with Gasteiger partial charge in [-0.05, 0) is 33.2 Å². The van der Waals surface area contributed by atoms with Gasteiger partial charge < -0.3 is 15.6 Å². The zero-order valence-corrected chi connectivity index (χ0v) is 11.5. The van der Waals surface area contributed by atoms with Crippen molar-refractivity contribution in [2.24, 2.45) is 5.84 Å². The van der Waals surface area contributed by atoms with Crippen LogP contribution in [0.5, 0.6) is 0 Å². The van der Waals surface area contributed by atoms with Crippen molar-refractivity contribution in [2.75, 3.05) is 26.1 Å². The number of aromatic nitrogens is 1. The molecule has 0 saturated heterocycles. The maximum absolute atomic E-state index is 11.9. The first kappa shape index (κ1) is 14.7. The molecule has 1 unspecified atom stereocenters. The van der Waals surface area contributed by atoms with Crippen LogP contribution < -0.4 is 16.6 Å². The Bertz CT molecular complexity index is 424. The summed E-state index contributed by atoms with van der Waals surface area (Å²) < 4.78 is 0. The molecule has 0 saturated carbocycles. The lowest BCUT2D eigenvalue weighted by Gasteiger charge is -2.20. The van der Waals surface area contributed by atoms with E-state index in [0.29, 0.717) is 17.9 Å². The Morgan fingerprint density at radius 2 is 2.22 bits per heavy atom. The van der Waals surface area contributed by atoms with Crippen LogP contribution in [0.1, 0.15) is 17.3 Å². The molecule has 18 heavy (non-hydrogen) atoms. The van der Waals surface area contributed by atoms with Gasteiger partial charge in [-0.1, -0.05) is 11.6 Å². The molecule has 4 N–H and O–H groups in total. The molecule has 6 nitrogen and oxygen atoms in total. The van der Waals surface area contributed by atoms with E-state index >= 15 is 0 Å². The monoisotopic (exact) mass is 271 g/mol. The standard InChI is InChI=1S/C11H18ClN5O/c1-7(17(2)3)6-14-11(18)8-4-9(12)15-10(5-8)16-13/h4-5,7H,6,13H2,1-3H3,(H,14,18)(H,15,16). The third kappa shape index (κ3) is 4.14. The number of rotatable bonds is 5. The summed E-state index contributed by atoms with van der Waals surface area (Å²) in [4.78, 5) is 17.8. The van der Waals surface area contributed by atoms with Gasteiger partial charge in [0.2, 0.25) is 0 Å². The van der Waals surface area contributed by atoms with Crippen molar-refractivity contribution in [1.29, 1.82) is 0 Å². The Balaban J connectivity index is 2.69. The number of nitrogen functional groups attached to an aromatic ring is 1. The number of amides is 1. The Morgan fingerprint density at radius 3 is 2.78 bits per heavy atom. The zero-order chi connectivity index (χ0) is 13.7. The van der Waals surface area contributed by atoms with Gasteiger partial charge >= 0.3 is 0 Å². The van der Waals surface area contributed by atoms with Crippen LogP contribution in [0.2, 0.25) is 5.15 Å². The highest BCUT2D eigenvalue weighted by atomic mass is 35.5. The van der Waals surface area contributed by atoms with Crippen LogP contribution in [-0.2, 0) is 0 Å². The molecule has 0 aliphatic heterocycles. The van der Waals surface area contributed by atoms with Gasteiger partial charge in [0.05, 0.1) is 0 Å². The van der Waals surface area contributed by atoms with Crippen LogP contribution in [0.4, 0.5) is 5.82 Å². The highest BCUT2D eigenvalue weighted by Crippen LogP contribution is 2.13. The Morgan fingerprint density at radius 1 is 1.56 bits per heavy atom. The Hall–Kier alpha value is -1.37. The summed E-state index contributed by atoms with van der Waals surface area (Å²) in [5.74, 6) is 5.39. The maximum Gasteiger partial charge on any atom is 0.251 e. The maximum atomic E-state index is 11.9. The summed E-state index contributed by atoms with van der Waals surface area (Å²) in [6.45, 7) is 2.57. The number of nitrogens with zero attached hydrogens (tertiary/aromatic N) is 2. The summed E-state index contributed by atoms with van der Waals surface area (Å²) in [6.07, 6.45) is 0. The number of nitrogens with two attached hydrogens (primary N) is 1. The van der Waals surface area contributed by atoms with E-state index < -0.39 is 0 Å². The number of anilines is 1. The quantitative estimate of drug-likeness (QED) is 0.417. The minimum atomic E-state index is -0.204. The molecule has 1 atom stereocenters. The van der Waals surface area contributed by atoms with Crippen molar-refractivity contribution in [2.45, 2.75) is 13.0 Å². The van der Waals surface area contributed by atoms with Gasteiger partial charge in [0.15, 0.2) is 0 Å². The SMILES string of the molecule is CC(CNC(=O)c1cc(Cl)nc(NN)c1)N(C)C. The van der Waals surface area contributed by atoms with E-state index in [0.717, 1.165) is 0 Å². The summed E-state index contributed by atoms with van der Waals surface area (Å²) in [7, 11) is 3.91. The fraction of sp³-hybridized carbons (Fsp3) is 0.455. The van der Waals surface area contributed by atoms with E-state index in [1.54, 1.807) is 6.07 Å². The first-order valence-corrected chi connectivity index (χ1v) is 5.90. The summed E-state index contributed by atoms with van der Waals surface area (Å²) in [5.41, 5.74) is 2.79. The average molecular weight is 272 g/mol. The van der Waals surface area contributed by atoms with Gasteiger partial charge in [-0.2, -0.15) is 0 Å². The molecule has 0 aliphatic carbocycles. The number of carbonyl (C=O) groups is 1. The van der Waals surface area contributed by atoms with Crippen LogP contribution >= 0.6 is 11.6 Å². The molecule has 1 aromatic rings. The van der Waals surface area contributed by atoms with Gasteiger partial charge in [0, 0.05) is 18.2 Å². The molecule has 7 heteroatoms. The lowest BCUT2D eigenvalue weighted by molar-refractivity contribution is 0.0943. The van der Waals surface area contributed by atoms with Crippen molar-refractivity contribution >= 4 is 23.3 Å². The van der Waals surface area contributed by atoms with Crippen molar-refractivity contribution < 1.29 is 4.79 Å². The first-order valence-electron chi connectivity index (χ1n) is 5.53. The first-order chi connectivity index (χ1) is 8.43. The number of carbonyl (C=O) groups excluding carboxylic acids is 1. The number of nitrogens with one attached hydrogen (secondary N) is 2. The number of pyridine rings is 1. The fourth-order valence-electron chi connectivity index (χ4n) is 1.23. The van der Waals surface area contributed by atoms with Crippen molar-refractivity contribution in [3.05, 3.63) is 22.8 Å².